The van der Waals surface area contributed by atoms with Gasteiger partial charge in [-0.15, -0.1) is 0 Å². The topological polar surface area (TPSA) is 77.2 Å². The van der Waals surface area contributed by atoms with Crippen LogP contribution in [0.4, 0.5) is 5.69 Å². The molecule has 26 heavy (non-hydrogen) atoms. The first-order valence-corrected chi connectivity index (χ1v) is 8.96. The van der Waals surface area contributed by atoms with Crippen molar-refractivity contribution in [1.82, 2.24) is 10.1 Å². The lowest BCUT2D eigenvalue weighted by Crippen LogP contribution is -2.11. The van der Waals surface area contributed by atoms with Crippen molar-refractivity contribution >= 4 is 27.5 Å². The van der Waals surface area contributed by atoms with Crippen LogP contribution < -0.4 is 10.1 Å². The second-order valence-corrected chi connectivity index (χ2v) is 6.48. The van der Waals surface area contributed by atoms with Gasteiger partial charge >= 0.3 is 0 Å². The zero-order valence-corrected chi connectivity index (χ0v) is 15.8. The minimum absolute atomic E-state index is 0.0493. The fourth-order valence-corrected chi connectivity index (χ4v) is 2.77. The first kappa shape index (κ1) is 18.1. The molecule has 0 radical (unpaired) electrons. The van der Waals surface area contributed by atoms with Crippen molar-refractivity contribution in [3.8, 4) is 17.1 Å². The summed E-state index contributed by atoms with van der Waals surface area (Å²) in [7, 11) is 1.62. The summed E-state index contributed by atoms with van der Waals surface area (Å²) in [5.41, 5.74) is 1.62. The molecule has 0 aliphatic carbocycles. The predicted octanol–water partition coefficient (Wildman–Crippen LogP) is 4.47. The molecule has 6 nitrogen and oxygen atoms in total. The molecular weight excluding hydrogens is 398 g/mol. The van der Waals surface area contributed by atoms with Crippen LogP contribution in [0.15, 0.2) is 57.5 Å². The Morgan fingerprint density at radius 3 is 2.69 bits per heavy atom. The van der Waals surface area contributed by atoms with E-state index in [4.69, 9.17) is 9.26 Å². The van der Waals surface area contributed by atoms with Crippen molar-refractivity contribution in [2.45, 2.75) is 19.3 Å². The number of nitrogens with zero attached hydrogens (tertiary/aromatic N) is 2. The Kier molecular flexibility index (Phi) is 6.01. The number of benzene rings is 2. The second-order valence-electron chi connectivity index (χ2n) is 5.62. The minimum Gasteiger partial charge on any atom is -0.497 e. The highest BCUT2D eigenvalue weighted by atomic mass is 79.9. The Morgan fingerprint density at radius 2 is 1.96 bits per heavy atom. The van der Waals surface area contributed by atoms with Gasteiger partial charge in [0.2, 0.25) is 17.6 Å². The number of hydrogen-bond donors (Lipinski definition) is 1. The molecule has 0 aliphatic heterocycles. The molecule has 0 unspecified atom stereocenters. The molecule has 0 saturated heterocycles. The number of methoxy groups -OCH3 is 1. The number of aryl methyl sites for hydroxylation is 1. The number of amides is 1. The molecule has 1 aromatic heterocycles. The summed E-state index contributed by atoms with van der Waals surface area (Å²) in [6.45, 7) is 0. The number of halogens is 1. The highest BCUT2D eigenvalue weighted by molar-refractivity contribution is 9.10. The molecule has 134 valence electrons. The highest BCUT2D eigenvalue weighted by Gasteiger charge is 2.10. The van der Waals surface area contributed by atoms with Gasteiger partial charge in [-0.2, -0.15) is 4.98 Å². The molecule has 0 aliphatic rings. The van der Waals surface area contributed by atoms with E-state index in [0.29, 0.717) is 31.0 Å². The van der Waals surface area contributed by atoms with Gasteiger partial charge in [-0.25, -0.2) is 0 Å². The standard InChI is InChI=1S/C19H18BrN3O3/c1-25-14-11-9-13(10-12-14)19-22-18(26-23-19)8-4-7-17(24)21-16-6-3-2-5-15(16)20/h2-3,5-6,9-12H,4,7-8H2,1H3,(H,21,24). The molecule has 0 atom stereocenters. The Labute approximate surface area is 159 Å². The average Bonchev–Trinajstić information content (AvgIpc) is 3.12. The molecule has 7 heteroatoms. The summed E-state index contributed by atoms with van der Waals surface area (Å²) in [4.78, 5) is 16.4. The van der Waals surface area contributed by atoms with Gasteiger partial charge in [0, 0.05) is 22.9 Å². The summed E-state index contributed by atoms with van der Waals surface area (Å²) >= 11 is 3.41. The minimum atomic E-state index is -0.0493. The molecule has 3 rings (SSSR count). The number of aromatic nitrogens is 2. The summed E-state index contributed by atoms with van der Waals surface area (Å²) in [6.07, 6.45) is 1.55. The van der Waals surface area contributed by atoms with Crippen molar-refractivity contribution in [3.05, 3.63) is 58.9 Å². The Hall–Kier alpha value is -2.67. The van der Waals surface area contributed by atoms with Crippen LogP contribution in [0, 0.1) is 0 Å². The molecular formula is C19H18BrN3O3. The first-order valence-electron chi connectivity index (χ1n) is 8.17. The zero-order valence-electron chi connectivity index (χ0n) is 14.2. The molecule has 0 fully saturated rings. The number of nitrogens with one attached hydrogen (secondary N) is 1. The van der Waals surface area contributed by atoms with Crippen LogP contribution in [0.1, 0.15) is 18.7 Å². The summed E-state index contributed by atoms with van der Waals surface area (Å²) in [6, 6.07) is 14.9. The lowest BCUT2D eigenvalue weighted by Gasteiger charge is -2.06. The van der Waals surface area contributed by atoms with Gasteiger partial charge in [0.05, 0.1) is 12.8 Å². The van der Waals surface area contributed by atoms with Crippen molar-refractivity contribution in [1.29, 1.82) is 0 Å². The van der Waals surface area contributed by atoms with Crippen LogP contribution in [0.2, 0.25) is 0 Å². The third kappa shape index (κ3) is 4.70. The van der Waals surface area contributed by atoms with E-state index >= 15 is 0 Å². The SMILES string of the molecule is COc1ccc(-c2noc(CCCC(=O)Nc3ccccc3Br)n2)cc1. The van der Waals surface area contributed by atoms with E-state index in [0.717, 1.165) is 21.5 Å². The molecule has 2 aromatic carbocycles. The van der Waals surface area contributed by atoms with Gasteiger partial charge in [0.25, 0.3) is 0 Å². The van der Waals surface area contributed by atoms with Gasteiger partial charge in [-0.1, -0.05) is 17.3 Å². The number of para-hydroxylation sites is 1. The second kappa shape index (κ2) is 8.62. The average molecular weight is 416 g/mol. The molecule has 1 heterocycles. The maximum Gasteiger partial charge on any atom is 0.226 e. The summed E-state index contributed by atoms with van der Waals surface area (Å²) in [5, 5.41) is 6.86. The van der Waals surface area contributed by atoms with E-state index in [1.54, 1.807) is 7.11 Å². The van der Waals surface area contributed by atoms with E-state index in [2.05, 4.69) is 31.4 Å². The predicted molar refractivity (Wildman–Crippen MR) is 102 cm³/mol. The van der Waals surface area contributed by atoms with Crippen LogP contribution >= 0.6 is 15.9 Å². The van der Waals surface area contributed by atoms with Crippen LogP contribution in [0.3, 0.4) is 0 Å². The van der Waals surface area contributed by atoms with Crippen LogP contribution in [-0.4, -0.2) is 23.2 Å². The first-order chi connectivity index (χ1) is 12.7. The lowest BCUT2D eigenvalue weighted by atomic mass is 10.2. The summed E-state index contributed by atoms with van der Waals surface area (Å²) < 4.78 is 11.2. The van der Waals surface area contributed by atoms with E-state index in [9.17, 15) is 4.79 Å². The van der Waals surface area contributed by atoms with Gasteiger partial charge in [-0.3, -0.25) is 4.79 Å². The Balaban J connectivity index is 1.50. The Bertz CT molecular complexity index is 878. The lowest BCUT2D eigenvalue weighted by molar-refractivity contribution is -0.116. The van der Waals surface area contributed by atoms with E-state index < -0.39 is 0 Å². The smallest absolute Gasteiger partial charge is 0.226 e. The fraction of sp³-hybridized carbons (Fsp3) is 0.211. The van der Waals surface area contributed by atoms with E-state index in [1.807, 2.05) is 48.5 Å². The van der Waals surface area contributed by atoms with Crippen LogP contribution in [-0.2, 0) is 11.2 Å². The van der Waals surface area contributed by atoms with Crippen molar-refractivity contribution < 1.29 is 14.1 Å². The molecule has 0 bridgehead atoms. The summed E-state index contributed by atoms with van der Waals surface area (Å²) in [5.74, 6) is 1.77. The fourth-order valence-electron chi connectivity index (χ4n) is 2.39. The third-order valence-corrected chi connectivity index (χ3v) is 4.45. The monoisotopic (exact) mass is 415 g/mol. The number of ether oxygens (including phenoxy) is 1. The van der Waals surface area contributed by atoms with Crippen molar-refractivity contribution in [3.63, 3.8) is 0 Å². The Morgan fingerprint density at radius 1 is 1.19 bits per heavy atom. The van der Waals surface area contributed by atoms with Crippen molar-refractivity contribution in [2.24, 2.45) is 0 Å². The van der Waals surface area contributed by atoms with E-state index in [1.165, 1.54) is 0 Å². The zero-order chi connectivity index (χ0) is 18.4. The number of hydrogen-bond acceptors (Lipinski definition) is 5. The largest absolute Gasteiger partial charge is 0.497 e. The van der Waals surface area contributed by atoms with Crippen LogP contribution in [0.25, 0.3) is 11.4 Å². The molecule has 0 spiro atoms. The molecule has 1 amide bonds. The number of rotatable bonds is 7. The van der Waals surface area contributed by atoms with Gasteiger partial charge in [0.1, 0.15) is 5.75 Å². The number of carbonyl (C=O) groups is 1. The molecule has 1 N–H and O–H groups in total. The number of anilines is 1. The molecule has 3 aromatic rings. The van der Waals surface area contributed by atoms with Gasteiger partial charge < -0.3 is 14.6 Å². The maximum atomic E-state index is 12.0. The highest BCUT2D eigenvalue weighted by Crippen LogP contribution is 2.22. The van der Waals surface area contributed by atoms with Crippen LogP contribution in [0.5, 0.6) is 5.75 Å². The van der Waals surface area contributed by atoms with E-state index in [-0.39, 0.29) is 5.91 Å². The van der Waals surface area contributed by atoms with Gasteiger partial charge in [-0.05, 0) is 58.7 Å². The normalized spacial score (nSPS) is 10.5. The maximum absolute atomic E-state index is 12.0. The number of carbonyl (C=O) groups excluding carboxylic acids is 1. The van der Waals surface area contributed by atoms with Crippen molar-refractivity contribution in [2.75, 3.05) is 12.4 Å². The quantitative estimate of drug-likeness (QED) is 0.615. The van der Waals surface area contributed by atoms with Gasteiger partial charge in [0.15, 0.2) is 0 Å². The molecule has 0 saturated carbocycles. The third-order valence-electron chi connectivity index (χ3n) is 3.76.